The highest BCUT2D eigenvalue weighted by Gasteiger charge is 2.37. The normalized spacial score (nSPS) is 12.3. The number of carbonyl (C=O) groups is 3. The van der Waals surface area contributed by atoms with E-state index >= 15 is 0 Å². The van der Waals surface area contributed by atoms with Crippen LogP contribution in [0.4, 0.5) is 0 Å². The lowest BCUT2D eigenvalue weighted by atomic mass is 9.79. The van der Waals surface area contributed by atoms with E-state index in [9.17, 15) is 39.9 Å². The first kappa shape index (κ1) is 21.8. The van der Waals surface area contributed by atoms with Gasteiger partial charge in [-0.1, -0.05) is 12.1 Å². The number of aliphatic hydroxyl groups excluding tert-OH is 1. The average molecular weight is 450 g/mol. The van der Waals surface area contributed by atoms with Crippen LogP contribution in [0.25, 0.3) is 11.1 Å². The zero-order chi connectivity index (χ0) is 24.2. The standard InChI is InChI=1S/C24H18O9/c1-9(26)16-14(28)7-15(29)20(24(16)33-2)17-10(8-25)6-12-19(22(17)31)23(32)18-11(21(12)30)4-3-5-13(18)27/h3-7,25,27-29,31H,8H2,1-2H3. The summed E-state index contributed by atoms with van der Waals surface area (Å²) in [5.41, 5.74) is -1.89. The largest absolute Gasteiger partial charge is 0.507 e. The number of aliphatic hydroxyl groups is 1. The summed E-state index contributed by atoms with van der Waals surface area (Å²) in [6.45, 7) is 0.434. The molecule has 168 valence electrons. The number of benzene rings is 3. The summed E-state index contributed by atoms with van der Waals surface area (Å²) in [5, 5.41) is 52.1. The fourth-order valence-electron chi connectivity index (χ4n) is 4.19. The molecular weight excluding hydrogens is 432 g/mol. The predicted octanol–water partition coefficient (Wildman–Crippen LogP) is 2.65. The maximum Gasteiger partial charge on any atom is 0.201 e. The van der Waals surface area contributed by atoms with Crippen molar-refractivity contribution in [3.63, 3.8) is 0 Å². The molecule has 0 bridgehead atoms. The third-order valence-corrected chi connectivity index (χ3v) is 5.58. The lowest BCUT2D eigenvalue weighted by molar-refractivity contribution is 0.0974. The van der Waals surface area contributed by atoms with Gasteiger partial charge in [0.1, 0.15) is 34.3 Å². The molecule has 0 amide bonds. The van der Waals surface area contributed by atoms with Crippen molar-refractivity contribution in [3.8, 4) is 39.9 Å². The number of methoxy groups -OCH3 is 1. The Morgan fingerprint density at radius 3 is 2.15 bits per heavy atom. The number of aromatic hydroxyl groups is 4. The first-order valence-corrected chi connectivity index (χ1v) is 9.69. The Labute approximate surface area is 186 Å². The lowest BCUT2D eigenvalue weighted by Crippen LogP contribution is -2.22. The Hall–Kier alpha value is -4.37. The summed E-state index contributed by atoms with van der Waals surface area (Å²) < 4.78 is 5.25. The molecule has 9 nitrogen and oxygen atoms in total. The Morgan fingerprint density at radius 1 is 0.848 bits per heavy atom. The Balaban J connectivity index is 2.13. The fourth-order valence-corrected chi connectivity index (χ4v) is 4.19. The molecule has 1 aliphatic carbocycles. The zero-order valence-corrected chi connectivity index (χ0v) is 17.5. The summed E-state index contributed by atoms with van der Waals surface area (Å²) in [7, 11) is 1.17. The number of fused-ring (bicyclic) bond motifs is 2. The molecule has 4 rings (SSSR count). The van der Waals surface area contributed by atoms with E-state index < -0.39 is 52.5 Å². The van der Waals surface area contributed by atoms with Crippen LogP contribution in [0.15, 0.2) is 30.3 Å². The summed E-state index contributed by atoms with van der Waals surface area (Å²) in [4.78, 5) is 38.4. The van der Waals surface area contributed by atoms with E-state index in [0.717, 1.165) is 13.0 Å². The predicted molar refractivity (Wildman–Crippen MR) is 114 cm³/mol. The number of hydrogen-bond acceptors (Lipinski definition) is 9. The van der Waals surface area contributed by atoms with Crippen molar-refractivity contribution in [3.05, 3.63) is 63.7 Å². The van der Waals surface area contributed by atoms with Crippen molar-refractivity contribution in [1.29, 1.82) is 0 Å². The minimum Gasteiger partial charge on any atom is -0.507 e. The summed E-state index contributed by atoms with van der Waals surface area (Å²) in [6.07, 6.45) is 0. The number of ether oxygens (including phenoxy) is 1. The van der Waals surface area contributed by atoms with Crippen molar-refractivity contribution in [2.24, 2.45) is 0 Å². The second kappa shape index (κ2) is 7.64. The second-order valence-corrected chi connectivity index (χ2v) is 7.45. The molecule has 0 saturated heterocycles. The van der Waals surface area contributed by atoms with Crippen LogP contribution in [-0.4, -0.2) is 50.0 Å². The molecule has 33 heavy (non-hydrogen) atoms. The summed E-state index contributed by atoms with van der Waals surface area (Å²) >= 11 is 0. The molecule has 5 N–H and O–H groups in total. The Bertz CT molecular complexity index is 1390. The van der Waals surface area contributed by atoms with Crippen LogP contribution in [0, 0.1) is 0 Å². The first-order valence-electron chi connectivity index (χ1n) is 9.69. The fraction of sp³-hybridized carbons (Fsp3) is 0.125. The van der Waals surface area contributed by atoms with Crippen LogP contribution in [0.1, 0.15) is 54.7 Å². The first-order chi connectivity index (χ1) is 15.6. The molecule has 0 saturated carbocycles. The minimum absolute atomic E-state index is 0.0511. The Morgan fingerprint density at radius 2 is 1.55 bits per heavy atom. The monoisotopic (exact) mass is 450 g/mol. The highest BCUT2D eigenvalue weighted by Crippen LogP contribution is 2.51. The maximum absolute atomic E-state index is 13.2. The van der Waals surface area contributed by atoms with Crippen molar-refractivity contribution >= 4 is 17.3 Å². The van der Waals surface area contributed by atoms with E-state index in [4.69, 9.17) is 4.74 Å². The summed E-state index contributed by atoms with van der Waals surface area (Å²) in [6, 6.07) is 6.03. The molecule has 0 heterocycles. The lowest BCUT2D eigenvalue weighted by Gasteiger charge is -2.24. The van der Waals surface area contributed by atoms with Gasteiger partial charge in [0.15, 0.2) is 11.6 Å². The molecule has 1 aliphatic rings. The van der Waals surface area contributed by atoms with E-state index in [1.807, 2.05) is 0 Å². The van der Waals surface area contributed by atoms with E-state index in [1.54, 1.807) is 0 Å². The maximum atomic E-state index is 13.2. The van der Waals surface area contributed by atoms with Crippen molar-refractivity contribution in [2.75, 3.05) is 7.11 Å². The molecule has 0 fully saturated rings. The van der Waals surface area contributed by atoms with Gasteiger partial charge >= 0.3 is 0 Å². The second-order valence-electron chi connectivity index (χ2n) is 7.45. The van der Waals surface area contributed by atoms with Gasteiger partial charge in [0.25, 0.3) is 0 Å². The Kier molecular flexibility index (Phi) is 5.06. The van der Waals surface area contributed by atoms with Gasteiger partial charge in [-0.3, -0.25) is 14.4 Å². The van der Waals surface area contributed by atoms with Crippen LogP contribution >= 0.6 is 0 Å². The number of phenols is 4. The van der Waals surface area contributed by atoms with Gasteiger partial charge in [-0.05, 0) is 24.6 Å². The highest BCUT2D eigenvalue weighted by molar-refractivity contribution is 6.31. The van der Waals surface area contributed by atoms with Gasteiger partial charge in [0.2, 0.25) is 5.78 Å². The molecular formula is C24H18O9. The van der Waals surface area contributed by atoms with Crippen LogP contribution in [0.5, 0.6) is 28.7 Å². The minimum atomic E-state index is -0.843. The molecule has 9 heteroatoms. The zero-order valence-electron chi connectivity index (χ0n) is 17.5. The van der Waals surface area contributed by atoms with Crippen molar-refractivity contribution in [1.82, 2.24) is 0 Å². The highest BCUT2D eigenvalue weighted by atomic mass is 16.5. The van der Waals surface area contributed by atoms with Crippen LogP contribution in [0.3, 0.4) is 0 Å². The van der Waals surface area contributed by atoms with Crippen molar-refractivity contribution < 1.29 is 44.7 Å². The van der Waals surface area contributed by atoms with Crippen LogP contribution in [0.2, 0.25) is 0 Å². The topological polar surface area (TPSA) is 162 Å². The SMILES string of the molecule is COc1c(C(C)=O)c(O)cc(O)c1-c1c(CO)cc2c(c1O)C(=O)c1c(O)cccc1C2=O. The molecule has 0 spiro atoms. The molecule has 0 radical (unpaired) electrons. The van der Waals surface area contributed by atoms with Gasteiger partial charge in [0.05, 0.1) is 30.4 Å². The quantitative estimate of drug-likeness (QED) is 0.294. The average Bonchev–Trinajstić information content (AvgIpc) is 2.76. The molecule has 0 atom stereocenters. The third kappa shape index (κ3) is 3.01. The van der Waals surface area contributed by atoms with Gasteiger partial charge in [-0.2, -0.15) is 0 Å². The van der Waals surface area contributed by atoms with Crippen molar-refractivity contribution in [2.45, 2.75) is 13.5 Å². The van der Waals surface area contributed by atoms with Gasteiger partial charge < -0.3 is 30.3 Å². The number of Topliss-reactive ketones (excluding diaryl/α,β-unsaturated/α-hetero) is 1. The van der Waals surface area contributed by atoms with Crippen LogP contribution < -0.4 is 4.74 Å². The van der Waals surface area contributed by atoms with Gasteiger partial charge in [-0.15, -0.1) is 0 Å². The van der Waals surface area contributed by atoms with Gasteiger partial charge in [0, 0.05) is 22.8 Å². The molecule has 0 aromatic heterocycles. The molecule has 0 aliphatic heterocycles. The van der Waals surface area contributed by atoms with E-state index in [-0.39, 0.29) is 44.7 Å². The molecule has 3 aromatic rings. The van der Waals surface area contributed by atoms with Gasteiger partial charge in [-0.25, -0.2) is 0 Å². The number of ketones is 3. The van der Waals surface area contributed by atoms with E-state index in [0.29, 0.717) is 0 Å². The molecule has 0 unspecified atom stereocenters. The summed E-state index contributed by atoms with van der Waals surface area (Å²) in [5.74, 6) is -4.82. The smallest absolute Gasteiger partial charge is 0.201 e. The number of rotatable bonds is 4. The number of carbonyl (C=O) groups excluding carboxylic acids is 3. The number of phenolic OH excluding ortho intramolecular Hbond substituents is 4. The van der Waals surface area contributed by atoms with Crippen LogP contribution in [-0.2, 0) is 6.61 Å². The number of hydrogen-bond donors (Lipinski definition) is 5. The van der Waals surface area contributed by atoms with E-state index in [2.05, 4.69) is 0 Å². The molecule has 3 aromatic carbocycles. The third-order valence-electron chi connectivity index (χ3n) is 5.58. The van der Waals surface area contributed by atoms with E-state index in [1.165, 1.54) is 31.4 Å².